The normalized spacial score (nSPS) is 15.1. The maximum Gasteiger partial charge on any atom is 0.169 e. The number of nitrogens with one attached hydrogen (secondary N) is 1. The molecule has 0 aromatic heterocycles. The minimum atomic E-state index is -0.299. The van der Waals surface area contributed by atoms with E-state index in [4.69, 9.17) is 9.98 Å². The van der Waals surface area contributed by atoms with E-state index < -0.39 is 0 Å². The van der Waals surface area contributed by atoms with E-state index in [1.165, 1.54) is 32.7 Å². The van der Waals surface area contributed by atoms with Gasteiger partial charge in [0.15, 0.2) is 6.17 Å². The van der Waals surface area contributed by atoms with Crippen LogP contribution in [-0.4, -0.2) is 11.7 Å². The van der Waals surface area contributed by atoms with Crippen LogP contribution in [0.25, 0.3) is 32.7 Å². The summed E-state index contributed by atoms with van der Waals surface area (Å²) in [5.74, 6) is 1.66. The number of aliphatic imine (C=N–C) groups is 2. The Kier molecular flexibility index (Phi) is 5.52. The average molecular weight is 488 g/mol. The summed E-state index contributed by atoms with van der Waals surface area (Å²) in [7, 11) is 0. The summed E-state index contributed by atoms with van der Waals surface area (Å²) in [5, 5.41) is 8.41. The number of hydrogen-bond donors (Lipinski definition) is 1. The van der Waals surface area contributed by atoms with Gasteiger partial charge in [0, 0.05) is 11.1 Å². The molecule has 3 heteroatoms. The summed E-state index contributed by atoms with van der Waals surface area (Å²) < 4.78 is 0. The number of amidine groups is 2. The molecule has 180 valence electrons. The predicted octanol–water partition coefficient (Wildman–Crippen LogP) is 8.16. The maximum atomic E-state index is 5.02. The van der Waals surface area contributed by atoms with Crippen molar-refractivity contribution in [3.05, 3.63) is 156 Å². The van der Waals surface area contributed by atoms with E-state index in [2.05, 4.69) is 108 Å². The lowest BCUT2D eigenvalue weighted by Gasteiger charge is -2.22. The zero-order valence-electron chi connectivity index (χ0n) is 20.8. The molecule has 6 aromatic carbocycles. The molecule has 0 spiro atoms. The van der Waals surface area contributed by atoms with Crippen LogP contribution in [0.15, 0.2) is 150 Å². The fourth-order valence-corrected chi connectivity index (χ4v) is 5.15. The minimum Gasteiger partial charge on any atom is -0.324 e. The fraction of sp³-hybridized carbons (Fsp3) is 0.0286. The Hall–Kier alpha value is -5.02. The highest BCUT2D eigenvalue weighted by Gasteiger charge is 2.20. The molecule has 0 bridgehead atoms. The third-order valence-electron chi connectivity index (χ3n) is 7.10. The number of fused-ring (bicyclic) bond motifs is 2. The van der Waals surface area contributed by atoms with Crippen molar-refractivity contribution in [1.29, 1.82) is 0 Å². The molecule has 1 heterocycles. The van der Waals surface area contributed by atoms with Crippen LogP contribution in [0, 0.1) is 0 Å². The van der Waals surface area contributed by atoms with Crippen molar-refractivity contribution in [1.82, 2.24) is 5.32 Å². The van der Waals surface area contributed by atoms with E-state index in [1.807, 2.05) is 36.4 Å². The summed E-state index contributed by atoms with van der Waals surface area (Å²) >= 11 is 0. The van der Waals surface area contributed by atoms with Gasteiger partial charge >= 0.3 is 0 Å². The van der Waals surface area contributed by atoms with Crippen LogP contribution in [-0.2, 0) is 0 Å². The smallest absolute Gasteiger partial charge is 0.169 e. The lowest BCUT2D eigenvalue weighted by Crippen LogP contribution is -2.36. The van der Waals surface area contributed by atoms with Crippen LogP contribution >= 0.6 is 0 Å². The van der Waals surface area contributed by atoms with Crippen LogP contribution in [0.4, 0.5) is 0 Å². The standard InChI is InChI=1S/C35H25N3/c1-3-11-25(12-4-1)33-36-34(26-13-5-2-6-14-26)38-35(37-33)30-21-19-27-22-29(20-18-28(27)23-30)32-17-9-15-24-10-7-8-16-31(24)32/h1-23,33H,(H,36,37,38). The number of rotatable bonds is 4. The van der Waals surface area contributed by atoms with Gasteiger partial charge in [-0.15, -0.1) is 0 Å². The summed E-state index contributed by atoms with van der Waals surface area (Å²) in [6.45, 7) is 0. The van der Waals surface area contributed by atoms with Crippen LogP contribution in [0.1, 0.15) is 22.9 Å². The summed E-state index contributed by atoms with van der Waals surface area (Å²) in [6.07, 6.45) is -0.299. The van der Waals surface area contributed by atoms with Gasteiger partial charge in [-0.25, -0.2) is 9.98 Å². The largest absolute Gasteiger partial charge is 0.324 e. The number of benzene rings is 6. The Morgan fingerprint density at radius 1 is 0.447 bits per heavy atom. The van der Waals surface area contributed by atoms with Crippen LogP contribution in [0.5, 0.6) is 0 Å². The first-order chi connectivity index (χ1) is 18.8. The molecule has 1 N–H and O–H groups in total. The van der Waals surface area contributed by atoms with Gasteiger partial charge in [0.2, 0.25) is 0 Å². The zero-order chi connectivity index (χ0) is 25.3. The molecule has 0 saturated heterocycles. The van der Waals surface area contributed by atoms with Crippen LogP contribution < -0.4 is 5.32 Å². The minimum absolute atomic E-state index is 0.299. The van der Waals surface area contributed by atoms with Crippen molar-refractivity contribution in [2.75, 3.05) is 0 Å². The van der Waals surface area contributed by atoms with Gasteiger partial charge in [-0.2, -0.15) is 0 Å². The van der Waals surface area contributed by atoms with Gasteiger partial charge in [0.25, 0.3) is 0 Å². The summed E-state index contributed by atoms with van der Waals surface area (Å²) in [5.41, 5.74) is 5.63. The first kappa shape index (κ1) is 22.2. The highest BCUT2D eigenvalue weighted by Crippen LogP contribution is 2.31. The SMILES string of the molecule is c1ccc(C2=NC(c3ccccc3)N=C(c3ccc4cc(-c5cccc6ccccc56)ccc4c3)N2)cc1. The molecule has 0 saturated carbocycles. The topological polar surface area (TPSA) is 36.8 Å². The maximum absolute atomic E-state index is 5.02. The van der Waals surface area contributed by atoms with E-state index in [9.17, 15) is 0 Å². The number of hydrogen-bond acceptors (Lipinski definition) is 3. The molecule has 1 aliphatic heterocycles. The van der Waals surface area contributed by atoms with E-state index in [0.717, 1.165) is 28.4 Å². The van der Waals surface area contributed by atoms with E-state index in [1.54, 1.807) is 0 Å². The molecule has 0 amide bonds. The Bertz CT molecular complexity index is 1830. The Morgan fingerprint density at radius 2 is 1.05 bits per heavy atom. The van der Waals surface area contributed by atoms with Gasteiger partial charge in [0.05, 0.1) is 0 Å². The first-order valence-electron chi connectivity index (χ1n) is 12.9. The molecule has 0 radical (unpaired) electrons. The third kappa shape index (κ3) is 4.14. The highest BCUT2D eigenvalue weighted by atomic mass is 15.2. The van der Waals surface area contributed by atoms with Crippen molar-refractivity contribution in [2.24, 2.45) is 9.98 Å². The molecule has 1 atom stereocenters. The van der Waals surface area contributed by atoms with Gasteiger partial charge in [-0.05, 0) is 50.4 Å². The second-order valence-corrected chi connectivity index (χ2v) is 9.53. The Morgan fingerprint density at radius 3 is 1.84 bits per heavy atom. The molecular formula is C35H25N3. The Labute approximate surface area is 221 Å². The predicted molar refractivity (Wildman–Crippen MR) is 159 cm³/mol. The summed E-state index contributed by atoms with van der Waals surface area (Å²) in [6, 6.07) is 48.8. The molecule has 0 aliphatic carbocycles. The average Bonchev–Trinajstić information content (AvgIpc) is 3.01. The molecule has 3 nitrogen and oxygen atoms in total. The lowest BCUT2D eigenvalue weighted by atomic mass is 9.95. The van der Waals surface area contributed by atoms with Crippen LogP contribution in [0.3, 0.4) is 0 Å². The lowest BCUT2D eigenvalue weighted by molar-refractivity contribution is 0.756. The van der Waals surface area contributed by atoms with Crippen LogP contribution in [0.2, 0.25) is 0 Å². The monoisotopic (exact) mass is 487 g/mol. The van der Waals surface area contributed by atoms with Crippen molar-refractivity contribution < 1.29 is 0 Å². The molecule has 1 aliphatic rings. The van der Waals surface area contributed by atoms with Crippen molar-refractivity contribution in [2.45, 2.75) is 6.17 Å². The van der Waals surface area contributed by atoms with Gasteiger partial charge in [-0.3, -0.25) is 0 Å². The number of nitrogens with zero attached hydrogens (tertiary/aromatic N) is 2. The molecule has 6 aromatic rings. The fourth-order valence-electron chi connectivity index (χ4n) is 5.15. The van der Waals surface area contributed by atoms with Crippen molar-refractivity contribution in [3.8, 4) is 11.1 Å². The molecule has 0 fully saturated rings. The second-order valence-electron chi connectivity index (χ2n) is 9.53. The van der Waals surface area contributed by atoms with Gasteiger partial charge in [0.1, 0.15) is 11.7 Å². The van der Waals surface area contributed by atoms with E-state index in [-0.39, 0.29) is 6.17 Å². The zero-order valence-corrected chi connectivity index (χ0v) is 20.8. The van der Waals surface area contributed by atoms with Crippen molar-refractivity contribution in [3.63, 3.8) is 0 Å². The van der Waals surface area contributed by atoms with E-state index in [0.29, 0.717) is 0 Å². The van der Waals surface area contributed by atoms with E-state index >= 15 is 0 Å². The molecule has 7 rings (SSSR count). The molecular weight excluding hydrogens is 462 g/mol. The van der Waals surface area contributed by atoms with Gasteiger partial charge in [-0.1, -0.05) is 127 Å². The van der Waals surface area contributed by atoms with Crippen molar-refractivity contribution >= 4 is 33.2 Å². The molecule has 38 heavy (non-hydrogen) atoms. The Balaban J connectivity index is 1.28. The first-order valence-corrected chi connectivity index (χ1v) is 12.9. The second kappa shape index (κ2) is 9.45. The van der Waals surface area contributed by atoms with Gasteiger partial charge < -0.3 is 5.32 Å². The summed E-state index contributed by atoms with van der Waals surface area (Å²) in [4.78, 5) is 9.97. The highest BCUT2D eigenvalue weighted by molar-refractivity contribution is 6.16. The quantitative estimate of drug-likeness (QED) is 0.268. The molecule has 1 unspecified atom stereocenters. The third-order valence-corrected chi connectivity index (χ3v) is 7.10.